The maximum absolute atomic E-state index is 12.4. The van der Waals surface area contributed by atoms with Crippen molar-refractivity contribution < 1.29 is 9.53 Å². The molecule has 1 saturated heterocycles. The van der Waals surface area contributed by atoms with Gasteiger partial charge in [-0.3, -0.25) is 4.79 Å². The van der Waals surface area contributed by atoms with Crippen LogP contribution in [0.2, 0.25) is 0 Å². The smallest absolute Gasteiger partial charge is 0.242 e. The number of rotatable bonds is 3. The minimum atomic E-state index is -0.591. The van der Waals surface area contributed by atoms with Crippen molar-refractivity contribution in [2.75, 3.05) is 26.8 Å². The molecule has 0 spiro atoms. The van der Waals surface area contributed by atoms with E-state index in [1.54, 1.807) is 0 Å². The number of likely N-dealkylation sites (N-methyl/N-ethyl adjacent to an activating group) is 1. The van der Waals surface area contributed by atoms with Crippen molar-refractivity contribution in [1.82, 2.24) is 4.90 Å². The van der Waals surface area contributed by atoms with E-state index in [2.05, 4.69) is 0 Å². The topological polar surface area (TPSA) is 55.6 Å². The Labute approximate surface area is 116 Å². The van der Waals surface area contributed by atoms with Crippen LogP contribution >= 0.6 is 12.4 Å². The lowest BCUT2D eigenvalue weighted by Crippen LogP contribution is -2.56. The highest BCUT2D eigenvalue weighted by atomic mass is 35.5. The summed E-state index contributed by atoms with van der Waals surface area (Å²) in [6, 6.07) is 0. The first kappa shape index (κ1) is 15.7. The van der Waals surface area contributed by atoms with Gasteiger partial charge in [0.2, 0.25) is 5.91 Å². The SMILES string of the molecule is CN(CC1CCOC1)C(=O)C1(N)CCCCC1.Cl. The van der Waals surface area contributed by atoms with Gasteiger partial charge in [-0.25, -0.2) is 0 Å². The third-order valence-electron chi connectivity index (χ3n) is 4.07. The summed E-state index contributed by atoms with van der Waals surface area (Å²) in [6.07, 6.45) is 6.14. The van der Waals surface area contributed by atoms with Crippen LogP contribution in [0.1, 0.15) is 38.5 Å². The molecule has 2 N–H and O–H groups in total. The summed E-state index contributed by atoms with van der Waals surface area (Å²) in [4.78, 5) is 14.2. The van der Waals surface area contributed by atoms with E-state index in [0.717, 1.165) is 51.9 Å². The van der Waals surface area contributed by atoms with Crippen molar-refractivity contribution in [3.63, 3.8) is 0 Å². The van der Waals surface area contributed by atoms with Gasteiger partial charge in [-0.2, -0.15) is 0 Å². The number of ether oxygens (including phenoxy) is 1. The fraction of sp³-hybridized carbons (Fsp3) is 0.923. The number of nitrogens with two attached hydrogens (primary N) is 1. The first-order valence-electron chi connectivity index (χ1n) is 6.74. The van der Waals surface area contributed by atoms with Crippen LogP contribution in [0.15, 0.2) is 0 Å². The predicted molar refractivity (Wildman–Crippen MR) is 73.8 cm³/mol. The minimum Gasteiger partial charge on any atom is -0.381 e. The first-order chi connectivity index (χ1) is 8.12. The fourth-order valence-electron chi connectivity index (χ4n) is 2.97. The van der Waals surface area contributed by atoms with E-state index in [0.29, 0.717) is 5.92 Å². The van der Waals surface area contributed by atoms with E-state index >= 15 is 0 Å². The second kappa shape index (κ2) is 6.73. The number of hydrogen-bond acceptors (Lipinski definition) is 3. The van der Waals surface area contributed by atoms with Gasteiger partial charge in [0.1, 0.15) is 0 Å². The molecule has 1 amide bonds. The van der Waals surface area contributed by atoms with Crippen LogP contribution < -0.4 is 5.73 Å². The molecule has 106 valence electrons. The van der Waals surface area contributed by atoms with Crippen molar-refractivity contribution >= 4 is 18.3 Å². The van der Waals surface area contributed by atoms with Gasteiger partial charge in [0.05, 0.1) is 12.1 Å². The molecule has 0 aromatic rings. The summed E-state index contributed by atoms with van der Waals surface area (Å²) >= 11 is 0. The molecule has 1 unspecified atom stereocenters. The van der Waals surface area contributed by atoms with Gasteiger partial charge in [-0.1, -0.05) is 19.3 Å². The van der Waals surface area contributed by atoms with E-state index in [9.17, 15) is 4.79 Å². The number of halogens is 1. The maximum atomic E-state index is 12.4. The lowest BCUT2D eigenvalue weighted by molar-refractivity contribution is -0.137. The van der Waals surface area contributed by atoms with E-state index in [4.69, 9.17) is 10.5 Å². The Kier molecular flexibility index (Phi) is 5.89. The molecule has 2 rings (SSSR count). The normalized spacial score (nSPS) is 26.4. The number of carbonyl (C=O) groups is 1. The van der Waals surface area contributed by atoms with Crippen LogP contribution in [0.4, 0.5) is 0 Å². The Morgan fingerprint density at radius 1 is 1.39 bits per heavy atom. The lowest BCUT2D eigenvalue weighted by Gasteiger charge is -2.36. The molecular weight excluding hydrogens is 252 g/mol. The van der Waals surface area contributed by atoms with Gasteiger partial charge in [-0.15, -0.1) is 12.4 Å². The molecule has 5 heteroatoms. The zero-order valence-corrected chi connectivity index (χ0v) is 12.0. The molecule has 1 saturated carbocycles. The Hall–Kier alpha value is -0.320. The van der Waals surface area contributed by atoms with Crippen LogP contribution in [0.25, 0.3) is 0 Å². The molecule has 4 nitrogen and oxygen atoms in total. The van der Waals surface area contributed by atoms with Crippen LogP contribution in [0.5, 0.6) is 0 Å². The minimum absolute atomic E-state index is 0. The van der Waals surface area contributed by atoms with Gasteiger partial charge < -0.3 is 15.4 Å². The van der Waals surface area contributed by atoms with E-state index in [1.807, 2.05) is 11.9 Å². The van der Waals surface area contributed by atoms with E-state index < -0.39 is 5.54 Å². The molecule has 0 aromatic heterocycles. The van der Waals surface area contributed by atoms with Gasteiger partial charge >= 0.3 is 0 Å². The predicted octanol–water partition coefficient (Wildman–Crippen LogP) is 1.56. The van der Waals surface area contributed by atoms with Gasteiger partial charge in [0.25, 0.3) is 0 Å². The molecule has 1 aliphatic carbocycles. The summed E-state index contributed by atoms with van der Waals surface area (Å²) in [6.45, 7) is 2.41. The standard InChI is InChI=1S/C13H24N2O2.ClH/c1-15(9-11-5-8-17-10-11)12(16)13(14)6-3-2-4-7-13;/h11H,2-10,14H2,1H3;1H. The summed E-state index contributed by atoms with van der Waals surface area (Å²) in [5, 5.41) is 0. The molecule has 0 aromatic carbocycles. The van der Waals surface area contributed by atoms with Crippen LogP contribution in [0.3, 0.4) is 0 Å². The highest BCUT2D eigenvalue weighted by Gasteiger charge is 2.37. The van der Waals surface area contributed by atoms with Gasteiger partial charge in [0, 0.05) is 26.1 Å². The van der Waals surface area contributed by atoms with E-state index in [1.165, 1.54) is 6.42 Å². The average molecular weight is 277 g/mol. The molecular formula is C13H25ClN2O2. The zero-order valence-electron chi connectivity index (χ0n) is 11.2. The Balaban J connectivity index is 0.00000162. The molecule has 1 aliphatic heterocycles. The summed E-state index contributed by atoms with van der Waals surface area (Å²) < 4.78 is 5.34. The zero-order chi connectivity index (χ0) is 12.3. The molecule has 0 bridgehead atoms. The first-order valence-corrected chi connectivity index (χ1v) is 6.74. The van der Waals surface area contributed by atoms with Gasteiger partial charge in [0.15, 0.2) is 0 Å². The third kappa shape index (κ3) is 3.59. The second-order valence-corrected chi connectivity index (χ2v) is 5.63. The van der Waals surface area contributed by atoms with Crippen molar-refractivity contribution in [2.45, 2.75) is 44.1 Å². The fourth-order valence-corrected chi connectivity index (χ4v) is 2.97. The number of nitrogens with zero attached hydrogens (tertiary/aromatic N) is 1. The molecule has 2 fully saturated rings. The summed E-state index contributed by atoms with van der Waals surface area (Å²) in [7, 11) is 1.88. The molecule has 0 radical (unpaired) electrons. The highest BCUT2D eigenvalue weighted by Crippen LogP contribution is 2.28. The summed E-state index contributed by atoms with van der Waals surface area (Å²) in [5.74, 6) is 0.625. The maximum Gasteiger partial charge on any atom is 0.242 e. The second-order valence-electron chi connectivity index (χ2n) is 5.63. The summed E-state index contributed by atoms with van der Waals surface area (Å²) in [5.41, 5.74) is 5.66. The monoisotopic (exact) mass is 276 g/mol. The molecule has 1 atom stereocenters. The molecule has 2 aliphatic rings. The van der Waals surface area contributed by atoms with Crippen LogP contribution in [-0.4, -0.2) is 43.2 Å². The van der Waals surface area contributed by atoms with Crippen molar-refractivity contribution in [2.24, 2.45) is 11.7 Å². The number of hydrogen-bond donors (Lipinski definition) is 1. The Morgan fingerprint density at radius 2 is 2.06 bits per heavy atom. The van der Waals surface area contributed by atoms with Crippen molar-refractivity contribution in [3.05, 3.63) is 0 Å². The van der Waals surface area contributed by atoms with Crippen LogP contribution in [-0.2, 0) is 9.53 Å². The highest BCUT2D eigenvalue weighted by molar-refractivity contribution is 5.86. The van der Waals surface area contributed by atoms with Gasteiger partial charge in [-0.05, 0) is 19.3 Å². The van der Waals surface area contributed by atoms with Crippen molar-refractivity contribution in [3.8, 4) is 0 Å². The Bertz CT molecular complexity index is 274. The molecule has 18 heavy (non-hydrogen) atoms. The molecule has 1 heterocycles. The average Bonchev–Trinajstić information content (AvgIpc) is 2.81. The Morgan fingerprint density at radius 3 is 2.61 bits per heavy atom. The van der Waals surface area contributed by atoms with Crippen molar-refractivity contribution in [1.29, 1.82) is 0 Å². The van der Waals surface area contributed by atoms with Crippen LogP contribution in [0, 0.1) is 5.92 Å². The third-order valence-corrected chi connectivity index (χ3v) is 4.07. The number of carbonyl (C=O) groups excluding carboxylic acids is 1. The van der Waals surface area contributed by atoms with E-state index in [-0.39, 0.29) is 18.3 Å². The number of amides is 1. The quantitative estimate of drug-likeness (QED) is 0.851. The lowest BCUT2D eigenvalue weighted by atomic mass is 9.81. The largest absolute Gasteiger partial charge is 0.381 e.